The second-order valence-electron chi connectivity index (χ2n) is 2.75. The van der Waals surface area contributed by atoms with Gasteiger partial charge in [-0.1, -0.05) is 11.6 Å². The normalized spacial score (nSPS) is 9.79. The zero-order chi connectivity index (χ0) is 10.6. The summed E-state index contributed by atoms with van der Waals surface area (Å²) >= 11 is 5.73. The monoisotopic (exact) mass is 214 g/mol. The van der Waals surface area contributed by atoms with E-state index in [-0.39, 0.29) is 13.0 Å². The predicted octanol–water partition coefficient (Wildman–Crippen LogP) is 1.18. The van der Waals surface area contributed by atoms with Crippen LogP contribution in [-0.2, 0) is 4.79 Å². The third kappa shape index (κ3) is 3.14. The van der Waals surface area contributed by atoms with Gasteiger partial charge < -0.3 is 16.2 Å². The van der Waals surface area contributed by atoms with Crippen LogP contribution in [0.3, 0.4) is 0 Å². The number of nitrogen functional groups attached to an aromatic ring is 1. The molecule has 0 unspecified atom stereocenters. The van der Waals surface area contributed by atoms with Crippen molar-refractivity contribution < 1.29 is 9.53 Å². The summed E-state index contributed by atoms with van der Waals surface area (Å²) in [6.07, 6.45) is 0.159. The van der Waals surface area contributed by atoms with Crippen molar-refractivity contribution in [1.29, 1.82) is 0 Å². The highest BCUT2D eigenvalue weighted by Crippen LogP contribution is 2.25. The summed E-state index contributed by atoms with van der Waals surface area (Å²) in [5.41, 5.74) is 11.0. The van der Waals surface area contributed by atoms with Gasteiger partial charge in [0.15, 0.2) is 0 Å². The fraction of sp³-hybridized carbons (Fsp3) is 0.222. The lowest BCUT2D eigenvalue weighted by atomic mass is 10.3. The minimum Gasteiger partial charge on any atom is -0.491 e. The molecule has 0 aliphatic rings. The third-order valence-electron chi connectivity index (χ3n) is 1.58. The number of amides is 1. The molecule has 0 spiro atoms. The van der Waals surface area contributed by atoms with Gasteiger partial charge in [-0.3, -0.25) is 4.79 Å². The lowest BCUT2D eigenvalue weighted by Crippen LogP contribution is -2.14. The van der Waals surface area contributed by atoms with Crippen molar-refractivity contribution in [1.82, 2.24) is 0 Å². The molecule has 0 fully saturated rings. The highest BCUT2D eigenvalue weighted by Gasteiger charge is 2.02. The maximum Gasteiger partial charge on any atom is 0.220 e. The molecule has 0 heterocycles. The largest absolute Gasteiger partial charge is 0.491 e. The summed E-state index contributed by atoms with van der Waals surface area (Å²) in [5, 5.41) is 0.535. The van der Waals surface area contributed by atoms with E-state index in [1.165, 1.54) is 0 Å². The first-order chi connectivity index (χ1) is 6.59. The molecule has 1 amide bonds. The summed E-state index contributed by atoms with van der Waals surface area (Å²) in [7, 11) is 0. The van der Waals surface area contributed by atoms with Gasteiger partial charge in [0.1, 0.15) is 5.75 Å². The first kappa shape index (κ1) is 10.7. The maximum atomic E-state index is 10.4. The van der Waals surface area contributed by atoms with Crippen LogP contribution in [-0.4, -0.2) is 12.5 Å². The molecule has 5 heteroatoms. The Morgan fingerprint density at radius 2 is 2.21 bits per heavy atom. The summed E-state index contributed by atoms with van der Waals surface area (Å²) in [6.45, 7) is 0.208. The van der Waals surface area contributed by atoms with Crippen molar-refractivity contribution in [3.05, 3.63) is 23.2 Å². The highest BCUT2D eigenvalue weighted by molar-refractivity contribution is 6.30. The van der Waals surface area contributed by atoms with Crippen LogP contribution < -0.4 is 16.2 Å². The van der Waals surface area contributed by atoms with Crippen LogP contribution in [0.4, 0.5) is 5.69 Å². The molecule has 0 aromatic heterocycles. The summed E-state index contributed by atoms with van der Waals surface area (Å²) in [5.74, 6) is 0.0596. The Morgan fingerprint density at radius 1 is 1.50 bits per heavy atom. The average molecular weight is 215 g/mol. The van der Waals surface area contributed by atoms with Crippen molar-refractivity contribution in [3.63, 3.8) is 0 Å². The summed E-state index contributed by atoms with van der Waals surface area (Å²) in [4.78, 5) is 10.4. The Balaban J connectivity index is 2.57. The van der Waals surface area contributed by atoms with E-state index in [4.69, 9.17) is 27.8 Å². The van der Waals surface area contributed by atoms with Gasteiger partial charge in [0, 0.05) is 11.1 Å². The van der Waals surface area contributed by atoms with Gasteiger partial charge in [0.25, 0.3) is 0 Å². The second-order valence-corrected chi connectivity index (χ2v) is 3.18. The Kier molecular flexibility index (Phi) is 3.59. The van der Waals surface area contributed by atoms with Crippen LogP contribution >= 0.6 is 11.6 Å². The molecule has 0 radical (unpaired) electrons. The number of rotatable bonds is 4. The molecule has 14 heavy (non-hydrogen) atoms. The summed E-state index contributed by atoms with van der Waals surface area (Å²) < 4.78 is 5.22. The van der Waals surface area contributed by atoms with Crippen molar-refractivity contribution in [2.24, 2.45) is 5.73 Å². The minimum absolute atomic E-state index is 0.159. The number of halogens is 1. The molecule has 1 aromatic rings. The van der Waals surface area contributed by atoms with Crippen LogP contribution in [0, 0.1) is 0 Å². The van der Waals surface area contributed by atoms with Gasteiger partial charge in [-0.25, -0.2) is 0 Å². The zero-order valence-corrected chi connectivity index (χ0v) is 8.25. The van der Waals surface area contributed by atoms with Gasteiger partial charge >= 0.3 is 0 Å². The molecule has 0 saturated heterocycles. The van der Waals surface area contributed by atoms with Gasteiger partial charge in [-0.15, -0.1) is 0 Å². The molecule has 0 aliphatic heterocycles. The van der Waals surface area contributed by atoms with E-state index >= 15 is 0 Å². The van der Waals surface area contributed by atoms with Crippen LogP contribution in [0.15, 0.2) is 18.2 Å². The first-order valence-electron chi connectivity index (χ1n) is 4.05. The Hall–Kier alpha value is -1.42. The topological polar surface area (TPSA) is 78.3 Å². The van der Waals surface area contributed by atoms with E-state index in [0.717, 1.165) is 0 Å². The number of primary amides is 1. The Bertz CT molecular complexity index is 342. The average Bonchev–Trinajstić information content (AvgIpc) is 2.10. The van der Waals surface area contributed by atoms with E-state index in [9.17, 15) is 4.79 Å². The number of benzene rings is 1. The van der Waals surface area contributed by atoms with Crippen molar-refractivity contribution >= 4 is 23.2 Å². The molecule has 1 aromatic carbocycles. The van der Waals surface area contributed by atoms with Crippen LogP contribution in [0.1, 0.15) is 6.42 Å². The summed E-state index contributed by atoms with van der Waals surface area (Å²) in [6, 6.07) is 4.90. The molecule has 0 atom stereocenters. The number of nitrogens with two attached hydrogens (primary N) is 2. The second kappa shape index (κ2) is 4.72. The van der Waals surface area contributed by atoms with E-state index < -0.39 is 5.91 Å². The molecule has 0 bridgehead atoms. The molecule has 4 nitrogen and oxygen atoms in total. The fourth-order valence-corrected chi connectivity index (χ4v) is 1.06. The van der Waals surface area contributed by atoms with Gasteiger partial charge in [-0.2, -0.15) is 0 Å². The van der Waals surface area contributed by atoms with Crippen LogP contribution in [0.5, 0.6) is 5.75 Å². The van der Waals surface area contributed by atoms with E-state index in [1.807, 2.05) is 0 Å². The van der Waals surface area contributed by atoms with Crippen LogP contribution in [0.2, 0.25) is 5.02 Å². The molecule has 76 valence electrons. The fourth-order valence-electron chi connectivity index (χ4n) is 0.895. The number of hydrogen-bond donors (Lipinski definition) is 2. The molecule has 0 saturated carbocycles. The molecule has 4 N–H and O–H groups in total. The predicted molar refractivity (Wildman–Crippen MR) is 55.2 cm³/mol. The number of hydrogen-bond acceptors (Lipinski definition) is 3. The molecule has 1 rings (SSSR count). The van der Waals surface area contributed by atoms with Gasteiger partial charge in [0.2, 0.25) is 5.91 Å². The maximum absolute atomic E-state index is 10.4. The number of carbonyl (C=O) groups is 1. The number of carbonyl (C=O) groups excluding carboxylic acids is 1. The third-order valence-corrected chi connectivity index (χ3v) is 1.82. The molecular formula is C9H11ClN2O2. The minimum atomic E-state index is -0.411. The number of ether oxygens (including phenoxy) is 1. The first-order valence-corrected chi connectivity index (χ1v) is 4.43. The van der Waals surface area contributed by atoms with E-state index in [0.29, 0.717) is 16.5 Å². The van der Waals surface area contributed by atoms with Gasteiger partial charge in [-0.05, 0) is 12.1 Å². The quantitative estimate of drug-likeness (QED) is 0.739. The van der Waals surface area contributed by atoms with Gasteiger partial charge in [0.05, 0.1) is 18.7 Å². The van der Waals surface area contributed by atoms with Crippen molar-refractivity contribution in [2.75, 3.05) is 12.3 Å². The lowest BCUT2D eigenvalue weighted by molar-refractivity contribution is -0.118. The smallest absolute Gasteiger partial charge is 0.220 e. The Labute approximate surface area is 86.8 Å². The van der Waals surface area contributed by atoms with Crippen LogP contribution in [0.25, 0.3) is 0 Å². The van der Waals surface area contributed by atoms with Crippen molar-refractivity contribution in [2.45, 2.75) is 6.42 Å². The Morgan fingerprint density at radius 3 is 2.86 bits per heavy atom. The lowest BCUT2D eigenvalue weighted by Gasteiger charge is -2.07. The SMILES string of the molecule is NC(=O)CCOc1cc(Cl)ccc1N. The van der Waals surface area contributed by atoms with E-state index in [1.54, 1.807) is 18.2 Å². The highest BCUT2D eigenvalue weighted by atomic mass is 35.5. The molecular weight excluding hydrogens is 204 g/mol. The zero-order valence-electron chi connectivity index (χ0n) is 7.50. The standard InChI is InChI=1S/C9H11ClN2O2/c10-6-1-2-7(11)8(5-6)14-4-3-9(12)13/h1-2,5H,3-4,11H2,(H2,12,13). The van der Waals surface area contributed by atoms with Crippen molar-refractivity contribution in [3.8, 4) is 5.75 Å². The molecule has 0 aliphatic carbocycles. The number of anilines is 1. The van der Waals surface area contributed by atoms with E-state index in [2.05, 4.69) is 0 Å².